The van der Waals surface area contributed by atoms with Gasteiger partial charge in [-0.2, -0.15) is 0 Å². The van der Waals surface area contributed by atoms with Crippen molar-refractivity contribution in [3.63, 3.8) is 0 Å². The average Bonchev–Trinajstić information content (AvgIpc) is 2.31. The molecule has 0 bridgehead atoms. The molecule has 0 aromatic carbocycles. The number of aliphatic hydroxyl groups is 1. The molecule has 1 saturated heterocycles. The van der Waals surface area contributed by atoms with Crippen molar-refractivity contribution in [3.8, 4) is 0 Å². The first-order valence-corrected chi connectivity index (χ1v) is 6.86. The van der Waals surface area contributed by atoms with E-state index in [-0.39, 0.29) is 6.10 Å². The minimum Gasteiger partial charge on any atom is -0.389 e. The van der Waals surface area contributed by atoms with Crippen LogP contribution in [0.5, 0.6) is 0 Å². The Kier molecular flexibility index (Phi) is 7.77. The van der Waals surface area contributed by atoms with E-state index in [1.165, 1.54) is 12.8 Å². The third kappa shape index (κ3) is 6.36. The molecule has 1 unspecified atom stereocenters. The predicted molar refractivity (Wildman–Crippen MR) is 70.2 cm³/mol. The largest absolute Gasteiger partial charge is 0.389 e. The van der Waals surface area contributed by atoms with E-state index in [1.807, 2.05) is 0 Å². The van der Waals surface area contributed by atoms with E-state index >= 15 is 0 Å². The Morgan fingerprint density at radius 1 is 1.41 bits per heavy atom. The number of ether oxygens (including phenoxy) is 1. The van der Waals surface area contributed by atoms with Crippen LogP contribution >= 0.6 is 0 Å². The molecule has 1 heterocycles. The van der Waals surface area contributed by atoms with Crippen LogP contribution in [0.15, 0.2) is 0 Å². The molecule has 0 aromatic rings. The van der Waals surface area contributed by atoms with Gasteiger partial charge in [0.05, 0.1) is 12.7 Å². The lowest BCUT2D eigenvalue weighted by atomic mass is 9.97. The highest BCUT2D eigenvalue weighted by atomic mass is 16.5. The lowest BCUT2D eigenvalue weighted by Crippen LogP contribution is -2.41. The summed E-state index contributed by atoms with van der Waals surface area (Å²) in [5.41, 5.74) is 0. The second-order valence-electron chi connectivity index (χ2n) is 5.06. The van der Waals surface area contributed by atoms with Gasteiger partial charge in [0.1, 0.15) is 0 Å². The van der Waals surface area contributed by atoms with Crippen molar-refractivity contribution < 1.29 is 9.84 Å². The summed E-state index contributed by atoms with van der Waals surface area (Å²) in [6.45, 7) is 7.85. The molecule has 102 valence electrons. The van der Waals surface area contributed by atoms with Gasteiger partial charge in [0, 0.05) is 20.2 Å². The summed E-state index contributed by atoms with van der Waals surface area (Å²) in [7, 11) is 1.64. The van der Waals surface area contributed by atoms with Crippen LogP contribution in [0.3, 0.4) is 0 Å². The van der Waals surface area contributed by atoms with Crippen LogP contribution in [-0.2, 0) is 4.74 Å². The normalized spacial score (nSPS) is 19.8. The van der Waals surface area contributed by atoms with Crippen LogP contribution < -0.4 is 5.32 Å². The number of aliphatic hydroxyl groups excluding tert-OH is 1. The van der Waals surface area contributed by atoms with E-state index in [9.17, 15) is 5.11 Å². The Hall–Kier alpha value is -0.160. The summed E-state index contributed by atoms with van der Waals surface area (Å²) in [5.74, 6) is 0.789. The third-order valence-corrected chi connectivity index (χ3v) is 3.34. The maximum atomic E-state index is 9.80. The molecule has 4 heteroatoms. The van der Waals surface area contributed by atoms with E-state index in [0.29, 0.717) is 6.61 Å². The van der Waals surface area contributed by atoms with Gasteiger partial charge in [-0.15, -0.1) is 0 Å². The number of hydrogen-bond acceptors (Lipinski definition) is 4. The molecule has 0 aromatic heterocycles. The van der Waals surface area contributed by atoms with E-state index < -0.39 is 0 Å². The summed E-state index contributed by atoms with van der Waals surface area (Å²) in [4.78, 5) is 2.39. The molecule has 1 atom stereocenters. The minimum absolute atomic E-state index is 0.353. The van der Waals surface area contributed by atoms with Gasteiger partial charge in [0.15, 0.2) is 0 Å². The molecular formula is C13H28N2O2. The maximum absolute atomic E-state index is 9.80. The van der Waals surface area contributed by atoms with Crippen molar-refractivity contribution in [2.45, 2.75) is 32.3 Å². The van der Waals surface area contributed by atoms with Crippen LogP contribution in [0.1, 0.15) is 26.2 Å². The van der Waals surface area contributed by atoms with Crippen LogP contribution in [0.4, 0.5) is 0 Å². The molecule has 17 heavy (non-hydrogen) atoms. The molecule has 0 spiro atoms. The highest BCUT2D eigenvalue weighted by molar-refractivity contribution is 4.74. The number of piperidine rings is 1. The molecule has 1 aliphatic heterocycles. The molecule has 0 saturated carbocycles. The molecule has 0 radical (unpaired) electrons. The van der Waals surface area contributed by atoms with Crippen molar-refractivity contribution in [3.05, 3.63) is 0 Å². The highest BCUT2D eigenvalue weighted by Crippen LogP contribution is 2.14. The zero-order valence-corrected chi connectivity index (χ0v) is 11.3. The van der Waals surface area contributed by atoms with Gasteiger partial charge in [0.2, 0.25) is 0 Å². The van der Waals surface area contributed by atoms with Crippen LogP contribution in [0, 0.1) is 5.92 Å². The molecule has 1 fully saturated rings. The van der Waals surface area contributed by atoms with E-state index in [1.54, 1.807) is 7.11 Å². The summed E-state index contributed by atoms with van der Waals surface area (Å²) >= 11 is 0. The SMILES string of the molecule is CCCN(CC(O)COC)CC1CCNCC1. The molecule has 0 amide bonds. The summed E-state index contributed by atoms with van der Waals surface area (Å²) in [6, 6.07) is 0. The number of nitrogens with one attached hydrogen (secondary N) is 1. The average molecular weight is 244 g/mol. The van der Waals surface area contributed by atoms with Crippen LogP contribution in [0.2, 0.25) is 0 Å². The van der Waals surface area contributed by atoms with Crippen molar-refractivity contribution in [2.24, 2.45) is 5.92 Å². The maximum Gasteiger partial charge on any atom is 0.0900 e. The number of rotatable bonds is 8. The molecule has 1 rings (SSSR count). The highest BCUT2D eigenvalue weighted by Gasteiger charge is 2.18. The number of nitrogens with zero attached hydrogens (tertiary/aromatic N) is 1. The number of methoxy groups -OCH3 is 1. The Bertz CT molecular complexity index is 184. The molecule has 0 aliphatic carbocycles. The fourth-order valence-corrected chi connectivity index (χ4v) is 2.55. The van der Waals surface area contributed by atoms with Crippen molar-refractivity contribution in [2.75, 3.05) is 46.4 Å². The second kappa shape index (κ2) is 8.86. The van der Waals surface area contributed by atoms with Gasteiger partial charge in [-0.3, -0.25) is 0 Å². The molecule has 1 aliphatic rings. The minimum atomic E-state index is -0.353. The third-order valence-electron chi connectivity index (χ3n) is 3.34. The number of hydrogen-bond donors (Lipinski definition) is 2. The summed E-state index contributed by atoms with van der Waals surface area (Å²) in [6.07, 6.45) is 3.32. The molecular weight excluding hydrogens is 216 g/mol. The second-order valence-corrected chi connectivity index (χ2v) is 5.06. The van der Waals surface area contributed by atoms with Gasteiger partial charge >= 0.3 is 0 Å². The molecule has 4 nitrogen and oxygen atoms in total. The van der Waals surface area contributed by atoms with Gasteiger partial charge in [0.25, 0.3) is 0 Å². The smallest absolute Gasteiger partial charge is 0.0900 e. The van der Waals surface area contributed by atoms with E-state index in [0.717, 1.165) is 45.1 Å². The van der Waals surface area contributed by atoms with Gasteiger partial charge in [-0.1, -0.05) is 6.92 Å². The van der Waals surface area contributed by atoms with Crippen molar-refractivity contribution >= 4 is 0 Å². The van der Waals surface area contributed by atoms with Gasteiger partial charge in [-0.25, -0.2) is 0 Å². The first-order valence-electron chi connectivity index (χ1n) is 6.86. The van der Waals surface area contributed by atoms with E-state index in [4.69, 9.17) is 4.74 Å². The zero-order chi connectivity index (χ0) is 12.5. The first kappa shape index (κ1) is 14.9. The lowest BCUT2D eigenvalue weighted by molar-refractivity contribution is 0.0328. The fraction of sp³-hybridized carbons (Fsp3) is 1.00. The monoisotopic (exact) mass is 244 g/mol. The van der Waals surface area contributed by atoms with Gasteiger partial charge in [-0.05, 0) is 44.8 Å². The van der Waals surface area contributed by atoms with Crippen molar-refractivity contribution in [1.82, 2.24) is 10.2 Å². The lowest BCUT2D eigenvalue weighted by Gasteiger charge is -2.31. The van der Waals surface area contributed by atoms with Gasteiger partial charge < -0.3 is 20.1 Å². The fourth-order valence-electron chi connectivity index (χ4n) is 2.55. The summed E-state index contributed by atoms with van der Waals surface area (Å²) in [5, 5.41) is 13.2. The Balaban J connectivity index is 2.30. The quantitative estimate of drug-likeness (QED) is 0.660. The Morgan fingerprint density at radius 2 is 2.12 bits per heavy atom. The van der Waals surface area contributed by atoms with Crippen LogP contribution in [0.25, 0.3) is 0 Å². The molecule has 2 N–H and O–H groups in total. The Morgan fingerprint density at radius 3 is 2.71 bits per heavy atom. The summed E-state index contributed by atoms with van der Waals surface area (Å²) < 4.78 is 4.99. The first-order chi connectivity index (χ1) is 8.26. The Labute approximate surface area is 105 Å². The standard InChI is InChI=1S/C13H28N2O2/c1-3-8-15(10-13(16)11-17-2)9-12-4-6-14-7-5-12/h12-14,16H,3-11H2,1-2H3. The van der Waals surface area contributed by atoms with Crippen molar-refractivity contribution in [1.29, 1.82) is 0 Å². The van der Waals surface area contributed by atoms with Crippen LogP contribution in [-0.4, -0.2) is 62.6 Å². The topological polar surface area (TPSA) is 44.7 Å². The van der Waals surface area contributed by atoms with E-state index in [2.05, 4.69) is 17.1 Å². The predicted octanol–water partition coefficient (Wildman–Crippen LogP) is 0.705. The zero-order valence-electron chi connectivity index (χ0n) is 11.3.